The van der Waals surface area contributed by atoms with Crippen molar-refractivity contribution in [3.05, 3.63) is 70.6 Å². The van der Waals surface area contributed by atoms with E-state index >= 15 is 0 Å². The second kappa shape index (κ2) is 9.14. The number of aromatic nitrogens is 1. The molecule has 4 rings (SSSR count). The number of ether oxygens (including phenoxy) is 3. The van der Waals surface area contributed by atoms with Crippen LogP contribution >= 0.6 is 0 Å². The SMILES string of the molecule is Cc1ccc(-c2nc(CCOc3ccc(C4(C(=O)O)OCCCO4)c(C)c3)c(C)o2)cc1. The van der Waals surface area contributed by atoms with E-state index in [-0.39, 0.29) is 0 Å². The topological polar surface area (TPSA) is 91.0 Å². The van der Waals surface area contributed by atoms with Crippen LogP contribution in [-0.2, 0) is 26.5 Å². The quantitative estimate of drug-likeness (QED) is 0.579. The first-order valence-electron chi connectivity index (χ1n) is 10.7. The van der Waals surface area contributed by atoms with E-state index in [1.54, 1.807) is 18.2 Å². The van der Waals surface area contributed by atoms with Crippen LogP contribution in [-0.4, -0.2) is 35.9 Å². The van der Waals surface area contributed by atoms with E-state index in [0.717, 1.165) is 22.6 Å². The highest BCUT2D eigenvalue weighted by molar-refractivity contribution is 5.78. The van der Waals surface area contributed by atoms with Crippen LogP contribution in [0.5, 0.6) is 5.75 Å². The summed E-state index contributed by atoms with van der Waals surface area (Å²) in [6, 6.07) is 13.3. The zero-order chi connectivity index (χ0) is 22.7. The molecular weight excluding hydrogens is 410 g/mol. The molecule has 0 amide bonds. The fraction of sp³-hybridized carbons (Fsp3) is 0.360. The van der Waals surface area contributed by atoms with Crippen molar-refractivity contribution < 1.29 is 28.5 Å². The monoisotopic (exact) mass is 437 g/mol. The Kier molecular flexibility index (Phi) is 6.30. The highest BCUT2D eigenvalue weighted by atomic mass is 16.7. The number of hydrogen-bond acceptors (Lipinski definition) is 6. The highest BCUT2D eigenvalue weighted by Gasteiger charge is 2.46. The molecule has 2 heterocycles. The molecule has 1 aliphatic rings. The highest BCUT2D eigenvalue weighted by Crippen LogP contribution is 2.35. The molecule has 7 heteroatoms. The lowest BCUT2D eigenvalue weighted by Gasteiger charge is -2.34. The molecule has 1 fully saturated rings. The summed E-state index contributed by atoms with van der Waals surface area (Å²) in [6.07, 6.45) is 1.26. The van der Waals surface area contributed by atoms with Gasteiger partial charge in [-0.2, -0.15) is 0 Å². The Morgan fingerprint density at radius 3 is 2.47 bits per heavy atom. The van der Waals surface area contributed by atoms with Crippen LogP contribution in [0.4, 0.5) is 0 Å². The van der Waals surface area contributed by atoms with Crippen molar-refractivity contribution in [1.29, 1.82) is 0 Å². The summed E-state index contributed by atoms with van der Waals surface area (Å²) in [5, 5.41) is 9.73. The van der Waals surface area contributed by atoms with Crippen molar-refractivity contribution in [2.24, 2.45) is 0 Å². The van der Waals surface area contributed by atoms with Gasteiger partial charge in [-0.15, -0.1) is 0 Å². The number of nitrogens with zero attached hydrogens (tertiary/aromatic N) is 1. The molecule has 1 aliphatic heterocycles. The van der Waals surface area contributed by atoms with Gasteiger partial charge in [-0.3, -0.25) is 0 Å². The van der Waals surface area contributed by atoms with Crippen LogP contribution in [0.25, 0.3) is 11.5 Å². The van der Waals surface area contributed by atoms with Gasteiger partial charge in [-0.05, 0) is 63.1 Å². The standard InChI is InChI=1S/C25H27NO6/c1-16-5-7-19(8-6-16)23-26-22(18(3)32-23)11-14-29-20-9-10-21(17(2)15-20)25(24(27)28)30-12-4-13-31-25/h5-10,15H,4,11-14H2,1-3H3,(H,27,28). The fourth-order valence-corrected chi connectivity index (χ4v) is 3.77. The number of benzene rings is 2. The minimum absolute atomic E-state index is 0.339. The molecule has 3 aromatic rings. The summed E-state index contributed by atoms with van der Waals surface area (Å²) in [5.41, 5.74) is 4.18. The van der Waals surface area contributed by atoms with Crippen molar-refractivity contribution in [2.75, 3.05) is 19.8 Å². The minimum Gasteiger partial charge on any atom is -0.493 e. The first-order chi connectivity index (χ1) is 15.4. The first kappa shape index (κ1) is 22.0. The summed E-state index contributed by atoms with van der Waals surface area (Å²) in [5.74, 6) is -0.900. The fourth-order valence-electron chi connectivity index (χ4n) is 3.77. The first-order valence-corrected chi connectivity index (χ1v) is 10.7. The lowest BCUT2D eigenvalue weighted by Crippen LogP contribution is -2.45. The van der Waals surface area contributed by atoms with Crippen LogP contribution in [0.3, 0.4) is 0 Å². The van der Waals surface area contributed by atoms with Gasteiger partial charge in [0.25, 0.3) is 5.79 Å². The number of carboxylic acid groups (broad SMARTS) is 1. The zero-order valence-corrected chi connectivity index (χ0v) is 18.5. The van der Waals surface area contributed by atoms with E-state index in [1.807, 2.05) is 45.0 Å². The molecule has 0 spiro atoms. The van der Waals surface area contributed by atoms with E-state index in [4.69, 9.17) is 18.6 Å². The lowest BCUT2D eigenvalue weighted by atomic mass is 9.99. The number of rotatable bonds is 7. The third kappa shape index (κ3) is 4.40. The maximum atomic E-state index is 11.9. The molecule has 2 aromatic carbocycles. The molecule has 0 unspecified atom stereocenters. The van der Waals surface area contributed by atoms with Crippen molar-refractivity contribution >= 4 is 5.97 Å². The summed E-state index contributed by atoms with van der Waals surface area (Å²) in [4.78, 5) is 16.5. The van der Waals surface area contributed by atoms with Gasteiger partial charge in [-0.1, -0.05) is 17.7 Å². The maximum absolute atomic E-state index is 11.9. The van der Waals surface area contributed by atoms with Gasteiger partial charge in [0.2, 0.25) is 5.89 Å². The second-order valence-corrected chi connectivity index (χ2v) is 7.94. The Morgan fingerprint density at radius 1 is 1.09 bits per heavy atom. The van der Waals surface area contributed by atoms with E-state index < -0.39 is 11.8 Å². The minimum atomic E-state index is -1.76. The molecular formula is C25H27NO6. The molecule has 7 nitrogen and oxygen atoms in total. The number of aliphatic carboxylic acids is 1. The van der Waals surface area contributed by atoms with Gasteiger partial charge >= 0.3 is 5.97 Å². The molecule has 1 N–H and O–H groups in total. The van der Waals surface area contributed by atoms with Crippen molar-refractivity contribution in [3.63, 3.8) is 0 Å². The van der Waals surface area contributed by atoms with Gasteiger partial charge in [0.1, 0.15) is 11.5 Å². The summed E-state index contributed by atoms with van der Waals surface area (Å²) in [7, 11) is 0. The second-order valence-electron chi connectivity index (χ2n) is 7.94. The van der Waals surface area contributed by atoms with Crippen LogP contribution in [0.2, 0.25) is 0 Å². The number of hydrogen-bond donors (Lipinski definition) is 1. The zero-order valence-electron chi connectivity index (χ0n) is 18.5. The summed E-state index contributed by atoms with van der Waals surface area (Å²) in [6.45, 7) is 6.85. The van der Waals surface area contributed by atoms with Gasteiger partial charge in [0.05, 0.1) is 25.5 Å². The Morgan fingerprint density at radius 2 is 1.81 bits per heavy atom. The Hall–Kier alpha value is -3.16. The third-order valence-corrected chi connectivity index (χ3v) is 5.53. The molecule has 1 saturated heterocycles. The predicted molar refractivity (Wildman–Crippen MR) is 118 cm³/mol. The smallest absolute Gasteiger partial charge is 0.369 e. The number of carbonyl (C=O) groups is 1. The largest absolute Gasteiger partial charge is 0.493 e. The number of oxazole rings is 1. The van der Waals surface area contributed by atoms with Crippen LogP contribution in [0.15, 0.2) is 46.9 Å². The number of carboxylic acids is 1. The summed E-state index contributed by atoms with van der Waals surface area (Å²) < 4.78 is 22.8. The Bertz CT molecular complexity index is 1100. The van der Waals surface area contributed by atoms with Crippen molar-refractivity contribution in [2.45, 2.75) is 39.4 Å². The van der Waals surface area contributed by atoms with E-state index in [9.17, 15) is 9.90 Å². The molecule has 1 aromatic heterocycles. The lowest BCUT2D eigenvalue weighted by molar-refractivity contribution is -0.273. The maximum Gasteiger partial charge on any atom is 0.369 e. The van der Waals surface area contributed by atoms with Gasteiger partial charge in [0.15, 0.2) is 0 Å². The Balaban J connectivity index is 1.42. The average molecular weight is 437 g/mol. The van der Waals surface area contributed by atoms with Gasteiger partial charge < -0.3 is 23.7 Å². The molecule has 0 aliphatic carbocycles. The molecule has 32 heavy (non-hydrogen) atoms. The third-order valence-electron chi connectivity index (χ3n) is 5.53. The van der Waals surface area contributed by atoms with Gasteiger partial charge in [0, 0.05) is 17.5 Å². The molecule has 168 valence electrons. The van der Waals surface area contributed by atoms with Crippen LogP contribution in [0.1, 0.15) is 34.6 Å². The average Bonchev–Trinajstić information content (AvgIpc) is 3.15. The van der Waals surface area contributed by atoms with Crippen LogP contribution < -0.4 is 4.74 Å². The molecule has 0 radical (unpaired) electrons. The molecule has 0 bridgehead atoms. The Labute approximate surface area is 186 Å². The normalized spacial score (nSPS) is 15.5. The van der Waals surface area contributed by atoms with Crippen molar-refractivity contribution in [1.82, 2.24) is 4.98 Å². The molecule has 0 atom stereocenters. The van der Waals surface area contributed by atoms with E-state index in [1.165, 1.54) is 5.56 Å². The van der Waals surface area contributed by atoms with Crippen LogP contribution in [0, 0.1) is 20.8 Å². The molecule has 0 saturated carbocycles. The van der Waals surface area contributed by atoms with E-state index in [2.05, 4.69) is 4.98 Å². The van der Waals surface area contributed by atoms with Gasteiger partial charge in [-0.25, -0.2) is 9.78 Å². The predicted octanol–water partition coefficient (Wildman–Crippen LogP) is 4.56. The summed E-state index contributed by atoms with van der Waals surface area (Å²) >= 11 is 0. The van der Waals surface area contributed by atoms with Crippen molar-refractivity contribution in [3.8, 4) is 17.2 Å². The van der Waals surface area contributed by atoms with E-state index in [0.29, 0.717) is 49.9 Å². The number of aryl methyl sites for hydroxylation is 3.